The Hall–Kier alpha value is -2.67. The van der Waals surface area contributed by atoms with Gasteiger partial charge >= 0.3 is 0 Å². The molecule has 0 unspecified atom stereocenters. The maximum absolute atomic E-state index is 13.5. The SMILES string of the molecule is CCCN1CC(Oc2ccc(C(=O)c3c(-c4cccs4)sc4cc(O)ccc34)cc2)C1. The molecule has 1 aliphatic heterocycles. The fourth-order valence-corrected chi connectivity index (χ4v) is 6.10. The molecule has 0 spiro atoms. The van der Waals surface area contributed by atoms with Crippen molar-refractivity contribution in [1.29, 1.82) is 0 Å². The van der Waals surface area contributed by atoms with Crippen LogP contribution >= 0.6 is 22.7 Å². The number of phenolic OH excluding ortho intramolecular Hbond substituents is 1. The van der Waals surface area contributed by atoms with Gasteiger partial charge in [-0.15, -0.1) is 22.7 Å². The number of rotatable bonds is 7. The first kappa shape index (κ1) is 20.2. The van der Waals surface area contributed by atoms with Crippen molar-refractivity contribution in [1.82, 2.24) is 4.90 Å². The Morgan fingerprint density at radius 2 is 1.97 bits per heavy atom. The third kappa shape index (κ3) is 3.99. The van der Waals surface area contributed by atoms with E-state index in [4.69, 9.17) is 4.74 Å². The number of nitrogens with zero attached hydrogens (tertiary/aromatic N) is 1. The van der Waals surface area contributed by atoms with Crippen LogP contribution in [-0.4, -0.2) is 41.5 Å². The first-order chi connectivity index (χ1) is 15.1. The molecule has 1 N–H and O–H groups in total. The van der Waals surface area contributed by atoms with Gasteiger partial charge in [-0.25, -0.2) is 0 Å². The lowest BCUT2D eigenvalue weighted by molar-refractivity contribution is 0.0202. The normalized spacial score (nSPS) is 14.6. The van der Waals surface area contributed by atoms with Crippen molar-refractivity contribution in [2.75, 3.05) is 19.6 Å². The molecule has 31 heavy (non-hydrogen) atoms. The molecule has 6 heteroatoms. The average Bonchev–Trinajstić information content (AvgIpc) is 3.39. The fourth-order valence-electron chi connectivity index (χ4n) is 4.01. The Bertz CT molecular complexity index is 1210. The standard InChI is InChI=1S/C25H23NO3S2/c1-2-11-26-14-19(15-26)29-18-8-5-16(6-9-18)24(28)23-20-10-7-17(27)13-22(20)31-25(23)21-4-3-12-30-21/h3-10,12-13,19,27H,2,11,14-15H2,1H3. The molecule has 2 aromatic carbocycles. The summed E-state index contributed by atoms with van der Waals surface area (Å²) in [5, 5.41) is 12.8. The lowest BCUT2D eigenvalue weighted by Gasteiger charge is -2.38. The van der Waals surface area contributed by atoms with E-state index in [-0.39, 0.29) is 17.6 Å². The number of aromatic hydroxyl groups is 1. The second kappa shape index (κ2) is 8.46. The molecule has 0 radical (unpaired) electrons. The van der Waals surface area contributed by atoms with Crippen molar-refractivity contribution in [2.24, 2.45) is 0 Å². The van der Waals surface area contributed by atoms with Gasteiger partial charge in [0.15, 0.2) is 5.78 Å². The van der Waals surface area contributed by atoms with Gasteiger partial charge in [-0.05, 0) is 66.9 Å². The zero-order chi connectivity index (χ0) is 21.4. The summed E-state index contributed by atoms with van der Waals surface area (Å²) in [4.78, 5) is 17.9. The number of ketones is 1. The number of ether oxygens (including phenoxy) is 1. The summed E-state index contributed by atoms with van der Waals surface area (Å²) >= 11 is 3.16. The molecule has 0 aliphatic carbocycles. The molecular formula is C25H23NO3S2. The number of hydrogen-bond acceptors (Lipinski definition) is 6. The molecular weight excluding hydrogens is 426 g/mol. The summed E-state index contributed by atoms with van der Waals surface area (Å²) in [7, 11) is 0. The van der Waals surface area contributed by atoms with E-state index < -0.39 is 0 Å². The lowest BCUT2D eigenvalue weighted by atomic mass is 9.99. The number of carbonyl (C=O) groups is 1. The van der Waals surface area contributed by atoms with E-state index in [1.54, 1.807) is 34.8 Å². The van der Waals surface area contributed by atoms with Crippen LogP contribution in [0.1, 0.15) is 29.3 Å². The zero-order valence-electron chi connectivity index (χ0n) is 17.2. The van der Waals surface area contributed by atoms with Gasteiger partial charge in [-0.1, -0.05) is 13.0 Å². The second-order valence-electron chi connectivity index (χ2n) is 7.82. The minimum atomic E-state index is -0.00958. The third-order valence-corrected chi connectivity index (χ3v) is 7.73. The number of phenols is 1. The number of hydrogen-bond donors (Lipinski definition) is 1. The molecule has 1 aliphatic rings. The average molecular weight is 450 g/mol. The van der Waals surface area contributed by atoms with Gasteiger partial charge in [0.05, 0.1) is 4.88 Å². The van der Waals surface area contributed by atoms with E-state index in [9.17, 15) is 9.90 Å². The van der Waals surface area contributed by atoms with Gasteiger partial charge in [0.2, 0.25) is 0 Å². The lowest BCUT2D eigenvalue weighted by Crippen LogP contribution is -2.53. The Labute approximate surface area is 189 Å². The largest absolute Gasteiger partial charge is 0.508 e. The van der Waals surface area contributed by atoms with Crippen LogP contribution in [0.15, 0.2) is 60.0 Å². The van der Waals surface area contributed by atoms with Crippen molar-refractivity contribution >= 4 is 38.5 Å². The van der Waals surface area contributed by atoms with Crippen molar-refractivity contribution < 1.29 is 14.6 Å². The zero-order valence-corrected chi connectivity index (χ0v) is 18.8. The molecule has 0 atom stereocenters. The summed E-state index contributed by atoms with van der Waals surface area (Å²) in [6, 6.07) is 16.7. The topological polar surface area (TPSA) is 49.8 Å². The van der Waals surface area contributed by atoms with Crippen LogP contribution < -0.4 is 4.74 Å². The number of carbonyl (C=O) groups excluding carboxylic acids is 1. The third-order valence-electron chi connectivity index (χ3n) is 5.53. The summed E-state index contributed by atoms with van der Waals surface area (Å²) in [6.45, 7) is 5.23. The molecule has 3 heterocycles. The van der Waals surface area contributed by atoms with E-state index in [1.165, 1.54) is 0 Å². The Morgan fingerprint density at radius 3 is 2.68 bits per heavy atom. The van der Waals surface area contributed by atoms with Gasteiger partial charge in [-0.2, -0.15) is 0 Å². The number of benzene rings is 2. The molecule has 0 amide bonds. The molecule has 1 saturated heterocycles. The van der Waals surface area contributed by atoms with Crippen LogP contribution in [0, 0.1) is 0 Å². The van der Waals surface area contributed by atoms with E-state index in [0.717, 1.165) is 51.6 Å². The van der Waals surface area contributed by atoms with Gasteiger partial charge in [0, 0.05) is 39.2 Å². The Morgan fingerprint density at radius 1 is 1.16 bits per heavy atom. The molecule has 0 saturated carbocycles. The summed E-state index contributed by atoms with van der Waals surface area (Å²) in [5.41, 5.74) is 1.34. The van der Waals surface area contributed by atoms with Gasteiger partial charge in [0.25, 0.3) is 0 Å². The first-order valence-corrected chi connectivity index (χ1v) is 12.1. The summed E-state index contributed by atoms with van der Waals surface area (Å²) < 4.78 is 6.95. The highest BCUT2D eigenvalue weighted by atomic mass is 32.1. The van der Waals surface area contributed by atoms with E-state index >= 15 is 0 Å². The summed E-state index contributed by atoms with van der Waals surface area (Å²) in [6.07, 6.45) is 1.39. The predicted octanol–water partition coefficient (Wildman–Crippen LogP) is 6.04. The molecule has 4 aromatic rings. The minimum absolute atomic E-state index is 0.00958. The number of likely N-dealkylation sites (tertiary alicyclic amines) is 1. The van der Waals surface area contributed by atoms with Crippen LogP contribution in [0.25, 0.3) is 19.8 Å². The van der Waals surface area contributed by atoms with Crippen LogP contribution in [0.2, 0.25) is 0 Å². The predicted molar refractivity (Wildman–Crippen MR) is 128 cm³/mol. The molecule has 2 aromatic heterocycles. The van der Waals surface area contributed by atoms with Gasteiger partial charge in [-0.3, -0.25) is 9.69 Å². The number of fused-ring (bicyclic) bond motifs is 1. The maximum Gasteiger partial charge on any atom is 0.195 e. The highest BCUT2D eigenvalue weighted by Gasteiger charge is 2.27. The highest BCUT2D eigenvalue weighted by molar-refractivity contribution is 7.26. The molecule has 158 valence electrons. The Kier molecular flexibility index (Phi) is 5.52. The second-order valence-corrected chi connectivity index (χ2v) is 9.82. The molecule has 1 fully saturated rings. The van der Waals surface area contributed by atoms with Crippen LogP contribution in [0.3, 0.4) is 0 Å². The molecule has 5 rings (SSSR count). The monoisotopic (exact) mass is 449 g/mol. The number of thiophene rings is 2. The van der Waals surface area contributed by atoms with E-state index in [0.29, 0.717) is 11.1 Å². The van der Waals surface area contributed by atoms with Gasteiger partial charge in [0.1, 0.15) is 17.6 Å². The maximum atomic E-state index is 13.5. The van der Waals surface area contributed by atoms with Crippen LogP contribution in [0.5, 0.6) is 11.5 Å². The highest BCUT2D eigenvalue weighted by Crippen LogP contribution is 2.42. The molecule has 4 nitrogen and oxygen atoms in total. The van der Waals surface area contributed by atoms with Gasteiger partial charge < -0.3 is 9.84 Å². The first-order valence-electron chi connectivity index (χ1n) is 10.5. The minimum Gasteiger partial charge on any atom is -0.508 e. The van der Waals surface area contributed by atoms with Crippen molar-refractivity contribution in [3.05, 3.63) is 71.1 Å². The van der Waals surface area contributed by atoms with E-state index in [2.05, 4.69) is 11.8 Å². The smallest absolute Gasteiger partial charge is 0.195 e. The summed E-state index contributed by atoms with van der Waals surface area (Å²) in [5.74, 6) is 1.00. The Balaban J connectivity index is 1.42. The van der Waals surface area contributed by atoms with Crippen LogP contribution in [-0.2, 0) is 0 Å². The van der Waals surface area contributed by atoms with Crippen LogP contribution in [0.4, 0.5) is 0 Å². The fraction of sp³-hybridized carbons (Fsp3) is 0.240. The van der Waals surface area contributed by atoms with Crippen molar-refractivity contribution in [3.8, 4) is 21.3 Å². The quantitative estimate of drug-likeness (QED) is 0.350. The van der Waals surface area contributed by atoms with Crippen molar-refractivity contribution in [2.45, 2.75) is 19.4 Å². The van der Waals surface area contributed by atoms with E-state index in [1.807, 2.05) is 47.8 Å². The molecule has 0 bridgehead atoms. The van der Waals surface area contributed by atoms with Crippen molar-refractivity contribution in [3.63, 3.8) is 0 Å².